The highest BCUT2D eigenvalue weighted by molar-refractivity contribution is 6.07. The Kier molecular flexibility index (Phi) is 3.53. The molecule has 116 valence electrons. The predicted molar refractivity (Wildman–Crippen MR) is 83.7 cm³/mol. The Balaban J connectivity index is 1.95. The van der Waals surface area contributed by atoms with Gasteiger partial charge in [-0.3, -0.25) is 4.79 Å². The van der Waals surface area contributed by atoms with Crippen molar-refractivity contribution in [1.29, 1.82) is 0 Å². The van der Waals surface area contributed by atoms with Crippen molar-refractivity contribution < 1.29 is 14.1 Å². The molecule has 5 nitrogen and oxygen atoms in total. The van der Waals surface area contributed by atoms with E-state index in [1.807, 2.05) is 45.0 Å². The molecule has 1 aliphatic rings. The maximum Gasteiger partial charge on any atom is 0.236 e. The molecule has 0 saturated heterocycles. The molecule has 0 radical (unpaired) electrons. The van der Waals surface area contributed by atoms with E-state index in [2.05, 4.69) is 5.16 Å². The van der Waals surface area contributed by atoms with Crippen molar-refractivity contribution in [3.63, 3.8) is 0 Å². The molecule has 0 saturated carbocycles. The number of rotatable bonds is 4. The molecular weight excluding hydrogens is 280 g/mol. The first-order valence-corrected chi connectivity index (χ1v) is 7.41. The minimum atomic E-state index is -0.482. The first-order chi connectivity index (χ1) is 10.4. The number of carbonyl (C=O) groups excluding carboxylic acids is 1. The first kappa shape index (κ1) is 14.8. The van der Waals surface area contributed by atoms with E-state index in [0.717, 1.165) is 22.5 Å². The van der Waals surface area contributed by atoms with E-state index in [1.165, 1.54) is 0 Å². The SMILES string of the molecule is CCOCc1cc(-c2ccc3c(c2)N(C)C(=O)C3(C)C)on1. The molecule has 2 aromatic rings. The second-order valence-electron chi connectivity index (χ2n) is 6.04. The van der Waals surface area contributed by atoms with Crippen LogP contribution >= 0.6 is 0 Å². The van der Waals surface area contributed by atoms with E-state index in [-0.39, 0.29) is 5.91 Å². The van der Waals surface area contributed by atoms with Crippen LogP contribution in [0.15, 0.2) is 28.8 Å². The van der Waals surface area contributed by atoms with Crippen molar-refractivity contribution >= 4 is 11.6 Å². The van der Waals surface area contributed by atoms with Crippen LogP contribution in [0.3, 0.4) is 0 Å². The minimum absolute atomic E-state index is 0.106. The van der Waals surface area contributed by atoms with Gasteiger partial charge in [-0.05, 0) is 32.4 Å². The Morgan fingerprint density at radius 3 is 2.82 bits per heavy atom. The molecule has 0 atom stereocenters. The molecule has 0 unspecified atom stereocenters. The number of aromatic nitrogens is 1. The summed E-state index contributed by atoms with van der Waals surface area (Å²) in [6, 6.07) is 7.82. The van der Waals surface area contributed by atoms with Gasteiger partial charge in [-0.2, -0.15) is 0 Å². The van der Waals surface area contributed by atoms with Gasteiger partial charge in [0.25, 0.3) is 0 Å². The summed E-state index contributed by atoms with van der Waals surface area (Å²) in [5.41, 5.74) is 3.16. The largest absolute Gasteiger partial charge is 0.375 e. The summed E-state index contributed by atoms with van der Waals surface area (Å²) in [6.45, 7) is 6.92. The summed E-state index contributed by atoms with van der Waals surface area (Å²) < 4.78 is 10.7. The molecule has 1 aromatic carbocycles. The molecule has 0 bridgehead atoms. The van der Waals surface area contributed by atoms with E-state index in [4.69, 9.17) is 9.26 Å². The highest BCUT2D eigenvalue weighted by Gasteiger charge is 2.42. The van der Waals surface area contributed by atoms with Crippen molar-refractivity contribution in [1.82, 2.24) is 5.16 Å². The summed E-state index contributed by atoms with van der Waals surface area (Å²) in [5, 5.41) is 4.01. The molecule has 1 amide bonds. The number of nitrogens with zero attached hydrogens (tertiary/aromatic N) is 2. The number of benzene rings is 1. The second-order valence-corrected chi connectivity index (χ2v) is 6.04. The van der Waals surface area contributed by atoms with Gasteiger partial charge in [-0.15, -0.1) is 0 Å². The number of carbonyl (C=O) groups is 1. The Hall–Kier alpha value is -2.14. The summed E-state index contributed by atoms with van der Waals surface area (Å²) in [5.74, 6) is 0.789. The van der Waals surface area contributed by atoms with Crippen LogP contribution in [-0.2, 0) is 21.6 Å². The average molecular weight is 300 g/mol. The molecule has 1 aromatic heterocycles. The molecular formula is C17H20N2O3. The van der Waals surface area contributed by atoms with Crippen LogP contribution in [0.2, 0.25) is 0 Å². The lowest BCUT2D eigenvalue weighted by Gasteiger charge is -2.16. The zero-order valence-electron chi connectivity index (χ0n) is 13.3. The van der Waals surface area contributed by atoms with Gasteiger partial charge in [0.15, 0.2) is 5.76 Å². The molecule has 2 heterocycles. The Morgan fingerprint density at radius 2 is 2.09 bits per heavy atom. The van der Waals surface area contributed by atoms with Crippen molar-refractivity contribution in [2.75, 3.05) is 18.6 Å². The van der Waals surface area contributed by atoms with Crippen LogP contribution in [-0.4, -0.2) is 24.7 Å². The smallest absolute Gasteiger partial charge is 0.236 e. The molecule has 0 N–H and O–H groups in total. The van der Waals surface area contributed by atoms with Gasteiger partial charge >= 0.3 is 0 Å². The lowest BCUT2D eigenvalue weighted by atomic mass is 9.86. The van der Waals surface area contributed by atoms with Gasteiger partial charge in [0.05, 0.1) is 12.0 Å². The number of fused-ring (bicyclic) bond motifs is 1. The zero-order chi connectivity index (χ0) is 15.9. The van der Waals surface area contributed by atoms with Crippen LogP contribution in [0.1, 0.15) is 32.0 Å². The summed E-state index contributed by atoms with van der Waals surface area (Å²) in [7, 11) is 1.81. The van der Waals surface area contributed by atoms with Gasteiger partial charge in [0.2, 0.25) is 5.91 Å². The molecule has 0 spiro atoms. The van der Waals surface area contributed by atoms with Gasteiger partial charge in [-0.25, -0.2) is 0 Å². The third-order valence-corrected chi connectivity index (χ3v) is 4.17. The summed E-state index contributed by atoms with van der Waals surface area (Å²) >= 11 is 0. The second kappa shape index (κ2) is 5.25. The van der Waals surface area contributed by atoms with Crippen LogP contribution in [0.25, 0.3) is 11.3 Å². The molecule has 3 rings (SSSR count). The van der Waals surface area contributed by atoms with Crippen LogP contribution < -0.4 is 4.90 Å². The molecule has 22 heavy (non-hydrogen) atoms. The van der Waals surface area contributed by atoms with E-state index >= 15 is 0 Å². The lowest BCUT2D eigenvalue weighted by Crippen LogP contribution is -2.33. The quantitative estimate of drug-likeness (QED) is 0.870. The van der Waals surface area contributed by atoms with E-state index < -0.39 is 5.41 Å². The van der Waals surface area contributed by atoms with Crippen LogP contribution in [0.4, 0.5) is 5.69 Å². The first-order valence-electron chi connectivity index (χ1n) is 7.41. The maximum atomic E-state index is 12.3. The fourth-order valence-corrected chi connectivity index (χ4v) is 2.86. The van der Waals surface area contributed by atoms with Crippen molar-refractivity contribution in [3.05, 3.63) is 35.5 Å². The third-order valence-electron chi connectivity index (χ3n) is 4.17. The average Bonchev–Trinajstić information content (AvgIpc) is 3.04. The number of hydrogen-bond donors (Lipinski definition) is 0. The fourth-order valence-electron chi connectivity index (χ4n) is 2.86. The highest BCUT2D eigenvalue weighted by atomic mass is 16.5. The number of anilines is 1. The lowest BCUT2D eigenvalue weighted by molar-refractivity contribution is -0.121. The fraction of sp³-hybridized carbons (Fsp3) is 0.412. The van der Waals surface area contributed by atoms with Crippen LogP contribution in [0, 0.1) is 0 Å². The Bertz CT molecular complexity index is 718. The normalized spacial score (nSPS) is 16.2. The van der Waals surface area contributed by atoms with E-state index in [1.54, 1.807) is 11.9 Å². The van der Waals surface area contributed by atoms with E-state index in [0.29, 0.717) is 19.0 Å². The van der Waals surface area contributed by atoms with Gasteiger partial charge in [-0.1, -0.05) is 17.3 Å². The van der Waals surface area contributed by atoms with Crippen molar-refractivity contribution in [3.8, 4) is 11.3 Å². The van der Waals surface area contributed by atoms with Crippen molar-refractivity contribution in [2.24, 2.45) is 0 Å². The van der Waals surface area contributed by atoms with Gasteiger partial charge < -0.3 is 14.2 Å². The molecule has 5 heteroatoms. The molecule has 0 fully saturated rings. The Labute approximate surface area is 129 Å². The summed E-state index contributed by atoms with van der Waals surface area (Å²) in [4.78, 5) is 14.0. The monoisotopic (exact) mass is 300 g/mol. The number of ether oxygens (including phenoxy) is 1. The maximum absolute atomic E-state index is 12.3. The predicted octanol–water partition coefficient (Wildman–Crippen LogP) is 3.13. The number of amides is 1. The van der Waals surface area contributed by atoms with E-state index in [9.17, 15) is 4.79 Å². The number of hydrogen-bond acceptors (Lipinski definition) is 4. The third kappa shape index (κ3) is 2.22. The standard InChI is InChI=1S/C17H20N2O3/c1-5-21-10-12-9-15(22-18-12)11-6-7-13-14(8-11)19(4)16(20)17(13,2)3/h6-9H,5,10H2,1-4H3. The van der Waals surface area contributed by atoms with Gasteiger partial charge in [0, 0.05) is 31.0 Å². The summed E-state index contributed by atoms with van der Waals surface area (Å²) in [6.07, 6.45) is 0. The minimum Gasteiger partial charge on any atom is -0.375 e. The number of likely N-dealkylation sites (N-methyl/N-ethyl adjacent to an activating group) is 1. The van der Waals surface area contributed by atoms with Crippen LogP contribution in [0.5, 0.6) is 0 Å². The topological polar surface area (TPSA) is 55.6 Å². The van der Waals surface area contributed by atoms with Crippen molar-refractivity contribution in [2.45, 2.75) is 32.8 Å². The Morgan fingerprint density at radius 1 is 1.32 bits per heavy atom. The van der Waals surface area contributed by atoms with Gasteiger partial charge in [0.1, 0.15) is 5.69 Å². The molecule has 0 aliphatic carbocycles. The molecule has 1 aliphatic heterocycles. The zero-order valence-corrected chi connectivity index (χ0v) is 13.3. The highest BCUT2D eigenvalue weighted by Crippen LogP contribution is 2.42.